The van der Waals surface area contributed by atoms with Gasteiger partial charge in [0, 0.05) is 5.92 Å². The van der Waals surface area contributed by atoms with E-state index in [-0.39, 0.29) is 4.90 Å². The highest BCUT2D eigenvalue weighted by molar-refractivity contribution is 7.92. The maximum absolute atomic E-state index is 13.0. The van der Waals surface area contributed by atoms with E-state index in [1.165, 1.54) is 12.1 Å². The monoisotopic (exact) mass is 341 g/mol. The molecule has 0 unspecified atom stereocenters. The first-order valence-electron chi connectivity index (χ1n) is 7.91. The molecule has 24 heavy (non-hydrogen) atoms. The van der Waals surface area contributed by atoms with E-state index in [0.717, 1.165) is 17.5 Å². The smallest absolute Gasteiger partial charge is 0.183 e. The highest BCUT2D eigenvalue weighted by Gasteiger charge is 2.72. The highest BCUT2D eigenvalue weighted by atomic mass is 32.2. The largest absolute Gasteiger partial charge is 0.395 e. The Morgan fingerprint density at radius 3 is 2.25 bits per heavy atom. The molecule has 1 aliphatic rings. The number of nitrogens with zero attached hydrogens (tertiary/aromatic N) is 1. The zero-order chi connectivity index (χ0) is 17.4. The molecule has 5 heteroatoms. The van der Waals surface area contributed by atoms with Gasteiger partial charge in [0.25, 0.3) is 0 Å². The SMILES string of the molecule is CCc1ccc([C@H]2[C@@H](S(=O)(=O)c3ccccc3)[C@@]2(C#N)CO)cc1. The predicted octanol–water partition coefficient (Wildman–Crippen LogP) is 2.69. The number of aryl methyl sites for hydroxylation is 1. The minimum absolute atomic E-state index is 0.191. The van der Waals surface area contributed by atoms with Crippen LogP contribution in [0, 0.1) is 16.7 Å². The van der Waals surface area contributed by atoms with Crippen molar-refractivity contribution in [1.29, 1.82) is 5.26 Å². The van der Waals surface area contributed by atoms with Gasteiger partial charge in [0.05, 0.1) is 22.8 Å². The van der Waals surface area contributed by atoms with Crippen molar-refractivity contribution in [2.24, 2.45) is 5.41 Å². The lowest BCUT2D eigenvalue weighted by molar-refractivity contribution is 0.242. The summed E-state index contributed by atoms with van der Waals surface area (Å²) < 4.78 is 25.9. The fourth-order valence-electron chi connectivity index (χ4n) is 3.41. The van der Waals surface area contributed by atoms with E-state index < -0.39 is 33.0 Å². The zero-order valence-corrected chi connectivity index (χ0v) is 14.2. The maximum atomic E-state index is 13.0. The van der Waals surface area contributed by atoms with E-state index >= 15 is 0 Å². The van der Waals surface area contributed by atoms with E-state index in [2.05, 4.69) is 6.07 Å². The lowest BCUT2D eigenvalue weighted by Crippen LogP contribution is -2.18. The van der Waals surface area contributed by atoms with Crippen LogP contribution in [0.2, 0.25) is 0 Å². The van der Waals surface area contributed by atoms with Gasteiger partial charge in [-0.25, -0.2) is 8.42 Å². The number of nitriles is 1. The van der Waals surface area contributed by atoms with Gasteiger partial charge in [-0.1, -0.05) is 49.4 Å². The molecule has 4 nitrogen and oxygen atoms in total. The fourth-order valence-corrected chi connectivity index (χ4v) is 5.74. The summed E-state index contributed by atoms with van der Waals surface area (Å²) in [4.78, 5) is 0.191. The van der Waals surface area contributed by atoms with Gasteiger partial charge in [0.1, 0.15) is 5.41 Å². The Kier molecular flexibility index (Phi) is 4.20. The van der Waals surface area contributed by atoms with Crippen molar-refractivity contribution in [1.82, 2.24) is 0 Å². The van der Waals surface area contributed by atoms with Crippen LogP contribution in [0.3, 0.4) is 0 Å². The molecule has 1 N–H and O–H groups in total. The molecule has 0 radical (unpaired) electrons. The predicted molar refractivity (Wildman–Crippen MR) is 91.1 cm³/mol. The van der Waals surface area contributed by atoms with Crippen LogP contribution in [0.5, 0.6) is 0 Å². The average molecular weight is 341 g/mol. The zero-order valence-electron chi connectivity index (χ0n) is 13.4. The number of hydrogen-bond acceptors (Lipinski definition) is 4. The molecule has 124 valence electrons. The van der Waals surface area contributed by atoms with Crippen molar-refractivity contribution >= 4 is 9.84 Å². The van der Waals surface area contributed by atoms with Crippen molar-refractivity contribution in [2.45, 2.75) is 29.4 Å². The Morgan fingerprint density at radius 1 is 1.12 bits per heavy atom. The van der Waals surface area contributed by atoms with Gasteiger partial charge in [-0.3, -0.25) is 0 Å². The Hall–Kier alpha value is -2.16. The van der Waals surface area contributed by atoms with Crippen LogP contribution in [0.25, 0.3) is 0 Å². The van der Waals surface area contributed by atoms with Crippen molar-refractivity contribution in [3.05, 3.63) is 65.7 Å². The van der Waals surface area contributed by atoms with Gasteiger partial charge in [-0.05, 0) is 29.7 Å². The minimum Gasteiger partial charge on any atom is -0.395 e. The molecule has 0 bridgehead atoms. The van der Waals surface area contributed by atoms with E-state index in [4.69, 9.17) is 0 Å². The first-order valence-corrected chi connectivity index (χ1v) is 9.45. The van der Waals surface area contributed by atoms with Gasteiger partial charge in [0.2, 0.25) is 0 Å². The summed E-state index contributed by atoms with van der Waals surface area (Å²) >= 11 is 0. The van der Waals surface area contributed by atoms with Gasteiger partial charge >= 0.3 is 0 Å². The summed E-state index contributed by atoms with van der Waals surface area (Å²) in [6.07, 6.45) is 0.889. The Bertz CT molecular complexity index is 869. The van der Waals surface area contributed by atoms with Crippen LogP contribution in [0.15, 0.2) is 59.5 Å². The number of aliphatic hydroxyl groups is 1. The van der Waals surface area contributed by atoms with Crippen molar-refractivity contribution < 1.29 is 13.5 Å². The summed E-state index contributed by atoms with van der Waals surface area (Å²) in [7, 11) is -3.69. The number of hydrogen-bond donors (Lipinski definition) is 1. The lowest BCUT2D eigenvalue weighted by Gasteiger charge is -2.05. The molecule has 1 fully saturated rings. The van der Waals surface area contributed by atoms with Crippen LogP contribution >= 0.6 is 0 Å². The first-order chi connectivity index (χ1) is 11.5. The molecule has 0 aliphatic heterocycles. The number of aliphatic hydroxyl groups excluding tert-OH is 1. The van der Waals surface area contributed by atoms with Gasteiger partial charge in [-0.15, -0.1) is 0 Å². The molecule has 0 aromatic heterocycles. The van der Waals surface area contributed by atoms with Crippen LogP contribution in [0.1, 0.15) is 24.0 Å². The molecule has 1 aliphatic carbocycles. The molecule has 3 atom stereocenters. The summed E-state index contributed by atoms with van der Waals surface area (Å²) in [6, 6.07) is 17.8. The fraction of sp³-hybridized carbons (Fsp3) is 0.316. The average Bonchev–Trinajstić information content (AvgIpc) is 3.33. The van der Waals surface area contributed by atoms with E-state index in [1.54, 1.807) is 18.2 Å². The maximum Gasteiger partial charge on any atom is 0.183 e. The Labute approximate surface area is 142 Å². The molecule has 0 amide bonds. The van der Waals surface area contributed by atoms with Crippen molar-refractivity contribution in [3.63, 3.8) is 0 Å². The molecule has 0 heterocycles. The molecule has 0 saturated heterocycles. The Balaban J connectivity index is 2.04. The normalized spacial score (nSPS) is 25.9. The first kappa shape index (κ1) is 16.7. The summed E-state index contributed by atoms with van der Waals surface area (Å²) in [5, 5.41) is 18.5. The van der Waals surface area contributed by atoms with Crippen LogP contribution in [-0.4, -0.2) is 25.4 Å². The molecule has 2 aromatic rings. The molecule has 1 saturated carbocycles. The Morgan fingerprint density at radius 2 is 1.75 bits per heavy atom. The third kappa shape index (κ3) is 2.43. The van der Waals surface area contributed by atoms with Gasteiger partial charge in [-0.2, -0.15) is 5.26 Å². The van der Waals surface area contributed by atoms with Crippen molar-refractivity contribution in [2.75, 3.05) is 6.61 Å². The number of sulfone groups is 1. The standard InChI is InChI=1S/C19H19NO3S/c1-2-14-8-10-15(11-9-14)17-18(19(17,12-20)13-21)24(22,23)16-6-4-3-5-7-16/h3-11,17-18,21H,2,13H2,1H3/t17-,18+,19-/m0/s1. The highest BCUT2D eigenvalue weighted by Crippen LogP contribution is 2.63. The second-order valence-electron chi connectivity index (χ2n) is 6.16. The summed E-state index contributed by atoms with van der Waals surface area (Å²) in [5.41, 5.74) is 0.656. The summed E-state index contributed by atoms with van der Waals surface area (Å²) in [5.74, 6) is -0.511. The van der Waals surface area contributed by atoms with Crippen LogP contribution in [0.4, 0.5) is 0 Å². The number of benzene rings is 2. The van der Waals surface area contributed by atoms with E-state index in [0.29, 0.717) is 0 Å². The van der Waals surface area contributed by atoms with Crippen LogP contribution < -0.4 is 0 Å². The van der Waals surface area contributed by atoms with E-state index in [9.17, 15) is 18.8 Å². The van der Waals surface area contributed by atoms with E-state index in [1.807, 2.05) is 31.2 Å². The topological polar surface area (TPSA) is 78.2 Å². The minimum atomic E-state index is -3.69. The molecular weight excluding hydrogens is 322 g/mol. The third-order valence-electron chi connectivity index (χ3n) is 4.88. The quantitative estimate of drug-likeness (QED) is 0.907. The second-order valence-corrected chi connectivity index (χ2v) is 8.23. The molecule has 0 spiro atoms. The number of rotatable bonds is 5. The molecule has 3 rings (SSSR count). The van der Waals surface area contributed by atoms with Gasteiger partial charge in [0.15, 0.2) is 9.84 Å². The van der Waals surface area contributed by atoms with Crippen molar-refractivity contribution in [3.8, 4) is 6.07 Å². The van der Waals surface area contributed by atoms with Gasteiger partial charge < -0.3 is 5.11 Å². The third-order valence-corrected chi connectivity index (χ3v) is 7.17. The van der Waals surface area contributed by atoms with Crippen LogP contribution in [-0.2, 0) is 16.3 Å². The second kappa shape index (κ2) is 6.04. The summed E-state index contributed by atoms with van der Waals surface area (Å²) in [6.45, 7) is 1.57. The molecule has 2 aromatic carbocycles. The lowest BCUT2D eigenvalue weighted by atomic mass is 10.00. The molecular formula is C19H19NO3S.